The minimum Gasteiger partial charge on any atom is -0.469 e. The lowest BCUT2D eigenvalue weighted by molar-refractivity contribution is -0.140. The Hall–Kier alpha value is -0.870. The molecular weight excluding hydrogens is 400 g/mol. The maximum Gasteiger partial charge on any atom is 0.305 e. The highest BCUT2D eigenvalue weighted by Crippen LogP contribution is 2.66. The maximum absolute atomic E-state index is 11.4. The van der Waals surface area contributed by atoms with E-state index >= 15 is 0 Å². The van der Waals surface area contributed by atoms with Crippen molar-refractivity contribution >= 4 is 5.97 Å². The number of ether oxygens (including phenoxy) is 1. The minimum atomic E-state index is -0.658. The fourth-order valence-electron chi connectivity index (χ4n) is 8.06. The van der Waals surface area contributed by atoms with Crippen LogP contribution in [0.3, 0.4) is 0 Å². The zero-order valence-electron chi connectivity index (χ0n) is 20.5. The van der Waals surface area contributed by atoms with E-state index in [-0.39, 0.29) is 18.8 Å². The zero-order chi connectivity index (χ0) is 22.8. The molecule has 0 heterocycles. The number of carbonyl (C=O) groups excluding carboxylic acids is 1. The Balaban J connectivity index is 0.00000118. The van der Waals surface area contributed by atoms with Crippen molar-refractivity contribution in [3.8, 4) is 0 Å². The highest BCUT2D eigenvalue weighted by Gasteiger charge is 2.59. The van der Waals surface area contributed by atoms with E-state index in [4.69, 9.17) is 4.74 Å². The van der Waals surface area contributed by atoms with Crippen LogP contribution >= 0.6 is 0 Å². The molecule has 0 aromatic heterocycles. The molecule has 0 spiro atoms. The lowest BCUT2D eigenvalue weighted by atomic mass is 9.47. The Morgan fingerprint density at radius 3 is 2.47 bits per heavy atom. The molecule has 4 rings (SSSR count). The first-order valence-corrected chi connectivity index (χ1v) is 12.9. The highest BCUT2D eigenvalue weighted by atomic mass is 16.5. The summed E-state index contributed by atoms with van der Waals surface area (Å²) < 4.78 is 4.78. The summed E-state index contributed by atoms with van der Waals surface area (Å²) in [6, 6.07) is 0. The van der Waals surface area contributed by atoms with Crippen molar-refractivity contribution in [2.24, 2.45) is 34.5 Å². The summed E-state index contributed by atoms with van der Waals surface area (Å²) >= 11 is 0. The van der Waals surface area contributed by atoms with Crippen LogP contribution in [-0.4, -0.2) is 35.5 Å². The molecule has 2 N–H and O–H groups in total. The normalized spacial score (nSPS) is 42.2. The molecule has 8 unspecified atom stereocenters. The van der Waals surface area contributed by atoms with Crippen LogP contribution in [0.15, 0.2) is 11.6 Å². The third-order valence-corrected chi connectivity index (χ3v) is 9.77. The summed E-state index contributed by atoms with van der Waals surface area (Å²) in [6.07, 6.45) is 13.0. The summed E-state index contributed by atoms with van der Waals surface area (Å²) in [5.74, 6) is 2.86. The molecule has 0 amide bonds. The Morgan fingerprint density at radius 1 is 1.06 bits per heavy atom. The Morgan fingerprint density at radius 2 is 1.78 bits per heavy atom. The summed E-state index contributed by atoms with van der Waals surface area (Å²) in [5, 5.41) is 20.8. The van der Waals surface area contributed by atoms with Crippen LogP contribution in [0.1, 0.15) is 106 Å². The lowest BCUT2D eigenvalue weighted by Crippen LogP contribution is -2.53. The second kappa shape index (κ2) is 11.0. The van der Waals surface area contributed by atoms with Crippen molar-refractivity contribution in [3.63, 3.8) is 0 Å². The third-order valence-electron chi connectivity index (χ3n) is 9.77. The van der Waals surface area contributed by atoms with Crippen molar-refractivity contribution in [1.29, 1.82) is 0 Å². The quantitative estimate of drug-likeness (QED) is 0.293. The predicted octanol–water partition coefficient (Wildman–Crippen LogP) is 6.29. The summed E-state index contributed by atoms with van der Waals surface area (Å²) in [4.78, 5) is 11.4. The smallest absolute Gasteiger partial charge is 0.305 e. The van der Waals surface area contributed by atoms with Crippen LogP contribution in [0.4, 0.5) is 0 Å². The van der Waals surface area contributed by atoms with Gasteiger partial charge < -0.3 is 14.9 Å². The average Bonchev–Trinajstić information content (AvgIpc) is 3.11. The Kier molecular flexibility index (Phi) is 9.44. The van der Waals surface area contributed by atoms with Crippen molar-refractivity contribution < 1.29 is 19.7 Å². The van der Waals surface area contributed by atoms with Crippen LogP contribution in [0.5, 0.6) is 0 Å². The number of hydrogen-bond acceptors (Lipinski definition) is 4. The minimum absolute atomic E-state index is 0. The summed E-state index contributed by atoms with van der Waals surface area (Å²) in [7, 11) is 1.47. The number of fused-ring (bicyclic) bond motifs is 5. The molecule has 3 saturated carbocycles. The molecule has 0 bridgehead atoms. The number of allylic oxidation sites excluding steroid dienone is 1. The van der Waals surface area contributed by atoms with Gasteiger partial charge in [-0.2, -0.15) is 0 Å². The number of aliphatic hydroxyl groups excluding tert-OH is 2. The van der Waals surface area contributed by atoms with Gasteiger partial charge in [-0.25, -0.2) is 0 Å². The molecule has 8 atom stereocenters. The van der Waals surface area contributed by atoms with Crippen molar-refractivity contribution in [2.75, 3.05) is 7.11 Å². The monoisotopic (exact) mass is 450 g/mol. The van der Waals surface area contributed by atoms with E-state index < -0.39 is 12.2 Å². The first-order chi connectivity index (χ1) is 14.8. The number of methoxy groups -OCH3 is 1. The Labute approximate surface area is 197 Å². The number of hydrogen-bond donors (Lipinski definition) is 2. The van der Waals surface area contributed by atoms with E-state index in [1.807, 2.05) is 13.8 Å². The molecule has 4 nitrogen and oxygen atoms in total. The lowest BCUT2D eigenvalue weighted by Gasteiger charge is -2.58. The van der Waals surface area contributed by atoms with Gasteiger partial charge in [0, 0.05) is 6.42 Å². The van der Waals surface area contributed by atoms with Gasteiger partial charge in [0.25, 0.3) is 0 Å². The second-order valence-electron chi connectivity index (χ2n) is 10.9. The van der Waals surface area contributed by atoms with Crippen LogP contribution in [0.2, 0.25) is 0 Å². The standard InChI is InChI=1S/C25H40O4.C2H6.CH4/c1-24-14-12-19-17(9-11-20-23(28)21(26)13-15-25(19,20)2)18(24)10-8-16(24)6-4-5-7-22(27)29-3;1-2;/h11,16-19,21,23,26,28H,4-10,12-15H2,1-3H3;1-2H3;1H4. The third kappa shape index (κ3) is 4.69. The van der Waals surface area contributed by atoms with Crippen molar-refractivity contribution in [1.82, 2.24) is 0 Å². The fraction of sp³-hybridized carbons (Fsp3) is 0.893. The van der Waals surface area contributed by atoms with Crippen LogP contribution in [-0.2, 0) is 9.53 Å². The first kappa shape index (κ1) is 27.4. The van der Waals surface area contributed by atoms with E-state index in [0.29, 0.717) is 17.8 Å². The van der Waals surface area contributed by atoms with Gasteiger partial charge in [-0.1, -0.05) is 47.6 Å². The van der Waals surface area contributed by atoms with Crippen LogP contribution in [0, 0.1) is 34.5 Å². The van der Waals surface area contributed by atoms with E-state index in [9.17, 15) is 15.0 Å². The van der Waals surface area contributed by atoms with Gasteiger partial charge in [-0.3, -0.25) is 4.79 Å². The van der Waals surface area contributed by atoms with Gasteiger partial charge in [0.2, 0.25) is 0 Å². The largest absolute Gasteiger partial charge is 0.469 e. The number of carbonyl (C=O) groups is 1. The number of esters is 1. The summed E-state index contributed by atoms with van der Waals surface area (Å²) in [5.41, 5.74) is 1.64. The Bertz CT molecular complexity index is 658. The molecule has 0 saturated heterocycles. The van der Waals surface area contributed by atoms with Gasteiger partial charge in [0.05, 0.1) is 13.2 Å². The average molecular weight is 451 g/mol. The number of unbranched alkanes of at least 4 members (excludes halogenated alkanes) is 1. The van der Waals surface area contributed by atoms with Crippen molar-refractivity contribution in [2.45, 2.75) is 118 Å². The first-order valence-electron chi connectivity index (χ1n) is 12.9. The molecule has 186 valence electrons. The number of aliphatic hydroxyl groups is 2. The zero-order valence-corrected chi connectivity index (χ0v) is 20.5. The van der Waals surface area contributed by atoms with Gasteiger partial charge in [0.1, 0.15) is 6.10 Å². The van der Waals surface area contributed by atoms with Gasteiger partial charge in [0.15, 0.2) is 0 Å². The predicted molar refractivity (Wildman–Crippen MR) is 131 cm³/mol. The van der Waals surface area contributed by atoms with Gasteiger partial charge in [-0.05, 0) is 97.9 Å². The van der Waals surface area contributed by atoms with Crippen molar-refractivity contribution in [3.05, 3.63) is 11.6 Å². The highest BCUT2D eigenvalue weighted by molar-refractivity contribution is 5.68. The second-order valence-corrected chi connectivity index (χ2v) is 10.9. The van der Waals surface area contributed by atoms with Crippen LogP contribution in [0.25, 0.3) is 0 Å². The molecule has 4 aliphatic carbocycles. The SMILES string of the molecule is C.CC.COC(=O)CCCCC1CCC2C3CC=C4C(O)C(O)CCC4(C)C3CCC12C. The molecule has 0 aliphatic heterocycles. The van der Waals surface area contributed by atoms with E-state index in [2.05, 4.69) is 19.9 Å². The van der Waals surface area contributed by atoms with Gasteiger partial charge >= 0.3 is 5.97 Å². The summed E-state index contributed by atoms with van der Waals surface area (Å²) in [6.45, 7) is 8.92. The van der Waals surface area contributed by atoms with Crippen LogP contribution < -0.4 is 0 Å². The molecule has 3 fully saturated rings. The maximum atomic E-state index is 11.4. The van der Waals surface area contributed by atoms with Gasteiger partial charge in [-0.15, -0.1) is 0 Å². The molecule has 4 aliphatic rings. The fourth-order valence-corrected chi connectivity index (χ4v) is 8.06. The molecule has 0 aromatic rings. The van der Waals surface area contributed by atoms with E-state index in [1.54, 1.807) is 0 Å². The molecule has 32 heavy (non-hydrogen) atoms. The number of rotatable bonds is 5. The topological polar surface area (TPSA) is 66.8 Å². The van der Waals surface area contributed by atoms with E-state index in [0.717, 1.165) is 55.4 Å². The molecule has 4 heteroatoms. The van der Waals surface area contributed by atoms with E-state index in [1.165, 1.54) is 39.2 Å². The molecular formula is C28H50O4. The molecule has 0 aromatic carbocycles. The molecule has 0 radical (unpaired) electrons.